The maximum absolute atomic E-state index is 13.3. The van der Waals surface area contributed by atoms with E-state index in [0.29, 0.717) is 12.6 Å². The number of aromatic nitrogens is 3. The summed E-state index contributed by atoms with van der Waals surface area (Å²) < 4.78 is 7.25. The standard InChI is InChI=1S/C27H30N4O2S/c1-33-23-7-3-2-6-20(23)12-15-29-21-8-9-22-24(17-21)34-26-25(22)27(32)31(18-30-26)16-4-5-19-10-13-28-14-11-19/h2-3,6-7,10-11,13-14,18,21,29H,4-5,8-9,12,15-17H2,1H3. The number of hydrogen-bond donors (Lipinski definition) is 1. The van der Waals surface area contributed by atoms with Crippen LogP contribution in [0.4, 0.5) is 0 Å². The summed E-state index contributed by atoms with van der Waals surface area (Å²) in [4.78, 5) is 24.2. The van der Waals surface area contributed by atoms with E-state index in [1.165, 1.54) is 21.6 Å². The van der Waals surface area contributed by atoms with Crippen molar-refractivity contribution in [2.24, 2.45) is 0 Å². The summed E-state index contributed by atoms with van der Waals surface area (Å²) in [5.41, 5.74) is 3.81. The quantitative estimate of drug-likeness (QED) is 0.394. The van der Waals surface area contributed by atoms with Gasteiger partial charge in [0.25, 0.3) is 5.56 Å². The number of nitrogens with one attached hydrogen (secondary N) is 1. The summed E-state index contributed by atoms with van der Waals surface area (Å²) in [5, 5.41) is 4.57. The molecule has 0 bridgehead atoms. The summed E-state index contributed by atoms with van der Waals surface area (Å²) in [6, 6.07) is 12.7. The number of thiophene rings is 1. The number of hydrogen-bond acceptors (Lipinski definition) is 6. The molecule has 0 radical (unpaired) electrons. The van der Waals surface area contributed by atoms with Gasteiger partial charge in [0.1, 0.15) is 10.6 Å². The molecule has 0 fully saturated rings. The van der Waals surface area contributed by atoms with Gasteiger partial charge in [-0.05, 0) is 80.0 Å². The second-order valence-corrected chi connectivity index (χ2v) is 9.93. The Bertz CT molecular complexity index is 1320. The molecule has 0 aliphatic heterocycles. The van der Waals surface area contributed by atoms with Gasteiger partial charge in [0.15, 0.2) is 0 Å². The molecular weight excluding hydrogens is 444 g/mol. The fourth-order valence-corrected chi connectivity index (χ4v) is 6.12. The van der Waals surface area contributed by atoms with Crippen LogP contribution in [0.2, 0.25) is 0 Å². The van der Waals surface area contributed by atoms with E-state index in [-0.39, 0.29) is 5.56 Å². The molecule has 1 N–H and O–H groups in total. The zero-order chi connectivity index (χ0) is 23.3. The lowest BCUT2D eigenvalue weighted by Gasteiger charge is -2.23. The average Bonchev–Trinajstić information content (AvgIpc) is 3.25. The van der Waals surface area contributed by atoms with Crippen LogP contribution >= 0.6 is 11.3 Å². The largest absolute Gasteiger partial charge is 0.496 e. The Morgan fingerprint density at radius 2 is 2.03 bits per heavy atom. The Hall–Kier alpha value is -3.03. The van der Waals surface area contributed by atoms with Gasteiger partial charge < -0.3 is 10.1 Å². The SMILES string of the molecule is COc1ccccc1CCNC1CCc2c(sc3ncn(CCCc4ccncc4)c(=O)c23)C1. The first-order valence-corrected chi connectivity index (χ1v) is 12.8. The molecule has 4 aromatic rings. The molecule has 0 spiro atoms. The Morgan fingerprint density at radius 1 is 1.18 bits per heavy atom. The zero-order valence-corrected chi connectivity index (χ0v) is 20.3. The Labute approximate surface area is 203 Å². The normalized spacial score (nSPS) is 15.4. The monoisotopic (exact) mass is 474 g/mol. The van der Waals surface area contributed by atoms with Crippen LogP contribution in [0.25, 0.3) is 10.2 Å². The minimum Gasteiger partial charge on any atom is -0.496 e. The number of methoxy groups -OCH3 is 1. The summed E-state index contributed by atoms with van der Waals surface area (Å²) >= 11 is 1.69. The van der Waals surface area contributed by atoms with Gasteiger partial charge in [0.2, 0.25) is 0 Å². The van der Waals surface area contributed by atoms with Crippen molar-refractivity contribution in [2.45, 2.75) is 51.1 Å². The van der Waals surface area contributed by atoms with Gasteiger partial charge in [-0.3, -0.25) is 14.3 Å². The van der Waals surface area contributed by atoms with Crippen molar-refractivity contribution in [1.82, 2.24) is 19.9 Å². The van der Waals surface area contributed by atoms with Gasteiger partial charge in [-0.15, -0.1) is 11.3 Å². The van der Waals surface area contributed by atoms with E-state index in [4.69, 9.17) is 4.74 Å². The van der Waals surface area contributed by atoms with Gasteiger partial charge >= 0.3 is 0 Å². The van der Waals surface area contributed by atoms with Crippen molar-refractivity contribution in [3.63, 3.8) is 0 Å². The Kier molecular flexibility index (Phi) is 7.02. The number of rotatable bonds is 9. The van der Waals surface area contributed by atoms with Crippen molar-refractivity contribution >= 4 is 21.6 Å². The van der Waals surface area contributed by atoms with Gasteiger partial charge in [-0.1, -0.05) is 18.2 Å². The summed E-state index contributed by atoms with van der Waals surface area (Å²) in [5.74, 6) is 0.947. The number of aryl methyl sites for hydroxylation is 3. The highest BCUT2D eigenvalue weighted by Crippen LogP contribution is 2.33. The third kappa shape index (κ3) is 4.91. The maximum atomic E-state index is 13.3. The first-order valence-electron chi connectivity index (χ1n) is 12.0. The van der Waals surface area contributed by atoms with E-state index >= 15 is 0 Å². The van der Waals surface area contributed by atoms with Crippen LogP contribution < -0.4 is 15.6 Å². The fourth-order valence-electron chi connectivity index (χ4n) is 4.86. The molecule has 1 aliphatic rings. The van der Waals surface area contributed by atoms with Crippen molar-refractivity contribution in [1.29, 1.82) is 0 Å². The van der Waals surface area contributed by atoms with Crippen LogP contribution in [0.1, 0.15) is 34.4 Å². The van der Waals surface area contributed by atoms with E-state index < -0.39 is 0 Å². The van der Waals surface area contributed by atoms with Crippen molar-refractivity contribution < 1.29 is 4.74 Å². The molecule has 1 unspecified atom stereocenters. The van der Waals surface area contributed by atoms with E-state index in [9.17, 15) is 4.79 Å². The molecule has 1 atom stereocenters. The minimum atomic E-state index is 0.111. The van der Waals surface area contributed by atoms with Gasteiger partial charge in [0.05, 0.1) is 18.8 Å². The van der Waals surface area contributed by atoms with E-state index in [1.54, 1.807) is 29.3 Å². The lowest BCUT2D eigenvalue weighted by molar-refractivity contribution is 0.407. The smallest absolute Gasteiger partial charge is 0.262 e. The molecular formula is C27H30N4O2S. The van der Waals surface area contributed by atoms with Crippen LogP contribution in [-0.2, 0) is 32.2 Å². The highest BCUT2D eigenvalue weighted by atomic mass is 32.1. The van der Waals surface area contributed by atoms with Crippen LogP contribution in [0.3, 0.4) is 0 Å². The first-order chi connectivity index (χ1) is 16.7. The third-order valence-electron chi connectivity index (χ3n) is 6.67. The number of benzene rings is 1. The molecule has 6 nitrogen and oxygen atoms in total. The van der Waals surface area contributed by atoms with Crippen LogP contribution in [0, 0.1) is 0 Å². The summed E-state index contributed by atoms with van der Waals surface area (Å²) in [7, 11) is 1.72. The Balaban J connectivity index is 1.23. The lowest BCUT2D eigenvalue weighted by atomic mass is 9.93. The first kappa shape index (κ1) is 22.7. The number of ether oxygens (including phenoxy) is 1. The average molecular weight is 475 g/mol. The number of nitrogens with zero attached hydrogens (tertiary/aromatic N) is 3. The molecule has 7 heteroatoms. The van der Waals surface area contributed by atoms with Crippen LogP contribution in [0.15, 0.2) is 59.9 Å². The van der Waals surface area contributed by atoms with Gasteiger partial charge in [-0.25, -0.2) is 4.98 Å². The van der Waals surface area contributed by atoms with Crippen molar-refractivity contribution in [2.75, 3.05) is 13.7 Å². The highest BCUT2D eigenvalue weighted by Gasteiger charge is 2.25. The van der Waals surface area contributed by atoms with E-state index in [1.807, 2.05) is 36.7 Å². The maximum Gasteiger partial charge on any atom is 0.262 e. The number of para-hydroxylation sites is 1. The third-order valence-corrected chi connectivity index (χ3v) is 7.83. The number of pyridine rings is 1. The van der Waals surface area contributed by atoms with Crippen molar-refractivity contribution in [3.05, 3.63) is 87.0 Å². The molecule has 1 aliphatic carbocycles. The molecule has 5 rings (SSSR count). The molecule has 3 heterocycles. The van der Waals surface area contributed by atoms with Crippen LogP contribution in [0.5, 0.6) is 5.75 Å². The van der Waals surface area contributed by atoms with Crippen LogP contribution in [-0.4, -0.2) is 34.2 Å². The minimum absolute atomic E-state index is 0.111. The summed E-state index contributed by atoms with van der Waals surface area (Å²) in [6.45, 7) is 1.59. The van der Waals surface area contributed by atoms with E-state index in [2.05, 4.69) is 27.4 Å². The molecule has 34 heavy (non-hydrogen) atoms. The molecule has 0 saturated heterocycles. The second kappa shape index (κ2) is 10.5. The topological polar surface area (TPSA) is 69.0 Å². The summed E-state index contributed by atoms with van der Waals surface area (Å²) in [6.07, 6.45) is 11.1. The molecule has 3 aromatic heterocycles. The lowest BCUT2D eigenvalue weighted by Crippen LogP contribution is -2.35. The van der Waals surface area contributed by atoms with E-state index in [0.717, 1.165) is 61.0 Å². The predicted molar refractivity (Wildman–Crippen MR) is 137 cm³/mol. The zero-order valence-electron chi connectivity index (χ0n) is 19.5. The second-order valence-electron chi connectivity index (χ2n) is 8.84. The van der Waals surface area contributed by atoms with Gasteiger partial charge in [0, 0.05) is 29.9 Å². The molecule has 1 aromatic carbocycles. The fraction of sp³-hybridized carbons (Fsp3) is 0.370. The number of fused-ring (bicyclic) bond motifs is 3. The van der Waals surface area contributed by atoms with Gasteiger partial charge in [-0.2, -0.15) is 0 Å². The highest BCUT2D eigenvalue weighted by molar-refractivity contribution is 7.18. The van der Waals surface area contributed by atoms with Crippen molar-refractivity contribution in [3.8, 4) is 5.75 Å². The molecule has 176 valence electrons. The Morgan fingerprint density at radius 3 is 2.88 bits per heavy atom. The predicted octanol–water partition coefficient (Wildman–Crippen LogP) is 4.18. The molecule has 0 saturated carbocycles. The molecule has 0 amide bonds.